The maximum Gasteiger partial charge on any atom is 0.0868 e. The van der Waals surface area contributed by atoms with Crippen LogP contribution in [0, 0.1) is 17.8 Å². The van der Waals surface area contributed by atoms with Crippen LogP contribution in [0.5, 0.6) is 0 Å². The molecule has 2 saturated carbocycles. The van der Waals surface area contributed by atoms with Crippen LogP contribution in [-0.4, -0.2) is 45.9 Å². The van der Waals surface area contributed by atoms with Gasteiger partial charge < -0.3 is 10.2 Å². The van der Waals surface area contributed by atoms with Crippen molar-refractivity contribution in [1.82, 2.24) is 4.90 Å². The zero-order valence-corrected chi connectivity index (χ0v) is 11.8. The Kier molecular flexibility index (Phi) is 2.64. The van der Waals surface area contributed by atoms with Crippen LogP contribution in [0.4, 0.5) is 0 Å². The molecule has 6 atom stereocenters. The molecule has 4 aliphatic rings. The highest BCUT2D eigenvalue weighted by Gasteiger charge is 2.62. The Morgan fingerprint density at radius 1 is 1.26 bits per heavy atom. The molecule has 2 aliphatic heterocycles. The van der Waals surface area contributed by atoms with Crippen molar-refractivity contribution in [3.05, 3.63) is 11.6 Å². The standard InChI is InChI=1S/C16H25NO2/c1-10-8-11-12-4-2-6-17-7-3-5-13(15(19)14(11)18)16(12,17)9-10/h4,10-11,13-15,18-19H,2-3,5-9H2,1H3/t10?,11-,13-,14+,15+,16-/m1/s1. The van der Waals surface area contributed by atoms with Crippen LogP contribution in [-0.2, 0) is 0 Å². The van der Waals surface area contributed by atoms with E-state index in [-0.39, 0.29) is 17.4 Å². The monoisotopic (exact) mass is 263 g/mol. The summed E-state index contributed by atoms with van der Waals surface area (Å²) < 4.78 is 0. The van der Waals surface area contributed by atoms with Gasteiger partial charge >= 0.3 is 0 Å². The Morgan fingerprint density at radius 3 is 2.95 bits per heavy atom. The number of nitrogens with zero attached hydrogens (tertiary/aromatic N) is 1. The number of hydrogen-bond donors (Lipinski definition) is 2. The number of hydrogen-bond acceptors (Lipinski definition) is 3. The topological polar surface area (TPSA) is 43.7 Å². The van der Waals surface area contributed by atoms with Crippen molar-refractivity contribution < 1.29 is 10.2 Å². The van der Waals surface area contributed by atoms with Gasteiger partial charge in [0, 0.05) is 23.9 Å². The van der Waals surface area contributed by atoms with Gasteiger partial charge in [0.25, 0.3) is 0 Å². The van der Waals surface area contributed by atoms with E-state index in [2.05, 4.69) is 17.9 Å². The molecule has 2 bridgehead atoms. The third kappa shape index (κ3) is 1.44. The SMILES string of the molecule is CC1C[C@@H]2C3=CCCN4CCC[C@H]([C@H](O)[C@H]2O)[C@@]34C1. The first-order valence-electron chi connectivity index (χ1n) is 7.96. The highest BCUT2D eigenvalue weighted by atomic mass is 16.3. The van der Waals surface area contributed by atoms with Crippen molar-refractivity contribution in [2.75, 3.05) is 13.1 Å². The summed E-state index contributed by atoms with van der Waals surface area (Å²) in [5, 5.41) is 21.2. The van der Waals surface area contributed by atoms with Crippen LogP contribution in [0.15, 0.2) is 11.6 Å². The lowest BCUT2D eigenvalue weighted by Gasteiger charge is -2.65. The third-order valence-electron chi connectivity index (χ3n) is 6.27. The van der Waals surface area contributed by atoms with Crippen LogP contribution in [0.2, 0.25) is 0 Å². The van der Waals surface area contributed by atoms with Gasteiger partial charge in [0.15, 0.2) is 0 Å². The second-order valence-corrected chi connectivity index (χ2v) is 7.24. The molecule has 3 heteroatoms. The molecule has 3 nitrogen and oxygen atoms in total. The fourth-order valence-electron chi connectivity index (χ4n) is 5.73. The molecule has 4 rings (SSSR count). The Balaban J connectivity index is 1.88. The molecule has 106 valence electrons. The van der Waals surface area contributed by atoms with E-state index < -0.39 is 12.2 Å². The molecular formula is C16H25NO2. The fraction of sp³-hybridized carbons (Fsp3) is 0.875. The minimum absolute atomic E-state index is 0.0947. The average Bonchev–Trinajstić information content (AvgIpc) is 2.40. The van der Waals surface area contributed by atoms with E-state index in [0.717, 1.165) is 25.8 Å². The van der Waals surface area contributed by atoms with Gasteiger partial charge in [-0.2, -0.15) is 0 Å². The summed E-state index contributed by atoms with van der Waals surface area (Å²) in [5.74, 6) is 1.11. The molecule has 1 saturated heterocycles. The molecule has 1 spiro atoms. The maximum absolute atomic E-state index is 10.6. The van der Waals surface area contributed by atoms with E-state index in [1.54, 1.807) is 0 Å². The van der Waals surface area contributed by atoms with E-state index >= 15 is 0 Å². The van der Waals surface area contributed by atoms with Gasteiger partial charge in [-0.15, -0.1) is 0 Å². The number of aliphatic hydroxyl groups is 2. The summed E-state index contributed by atoms with van der Waals surface area (Å²) in [4.78, 5) is 2.65. The van der Waals surface area contributed by atoms with E-state index in [4.69, 9.17) is 0 Å². The molecule has 0 amide bonds. The Bertz CT molecular complexity index is 421. The lowest BCUT2D eigenvalue weighted by atomic mass is 9.51. The quantitative estimate of drug-likeness (QED) is 0.652. The van der Waals surface area contributed by atoms with Gasteiger partial charge in [0.2, 0.25) is 0 Å². The van der Waals surface area contributed by atoms with Gasteiger partial charge in [0.05, 0.1) is 12.2 Å². The highest BCUT2D eigenvalue weighted by molar-refractivity contribution is 5.36. The van der Waals surface area contributed by atoms with E-state index in [9.17, 15) is 10.2 Å². The zero-order valence-electron chi connectivity index (χ0n) is 11.8. The van der Waals surface area contributed by atoms with Gasteiger partial charge in [-0.1, -0.05) is 13.0 Å². The molecule has 0 radical (unpaired) electrons. The van der Waals surface area contributed by atoms with Crippen molar-refractivity contribution in [3.63, 3.8) is 0 Å². The molecule has 2 aliphatic carbocycles. The second kappa shape index (κ2) is 4.06. The minimum Gasteiger partial charge on any atom is -0.390 e. The van der Waals surface area contributed by atoms with Gasteiger partial charge in [0.1, 0.15) is 0 Å². The Hall–Kier alpha value is -0.380. The van der Waals surface area contributed by atoms with E-state index in [0.29, 0.717) is 5.92 Å². The first kappa shape index (κ1) is 12.4. The molecule has 0 aromatic rings. The Morgan fingerprint density at radius 2 is 2.11 bits per heavy atom. The van der Waals surface area contributed by atoms with Crippen molar-refractivity contribution in [2.45, 2.75) is 56.8 Å². The summed E-state index contributed by atoms with van der Waals surface area (Å²) in [5.41, 5.74) is 1.58. The van der Waals surface area contributed by atoms with E-state index in [1.165, 1.54) is 25.0 Å². The van der Waals surface area contributed by atoms with Crippen LogP contribution in [0.25, 0.3) is 0 Å². The number of aliphatic hydroxyl groups excluding tert-OH is 2. The second-order valence-electron chi connectivity index (χ2n) is 7.24. The summed E-state index contributed by atoms with van der Waals surface area (Å²) in [6.07, 6.45) is 6.95. The molecule has 1 unspecified atom stereocenters. The molecule has 0 aromatic heterocycles. The lowest BCUT2D eigenvalue weighted by molar-refractivity contribution is -0.159. The van der Waals surface area contributed by atoms with Gasteiger partial charge in [-0.25, -0.2) is 0 Å². The smallest absolute Gasteiger partial charge is 0.0868 e. The third-order valence-corrected chi connectivity index (χ3v) is 6.27. The zero-order chi connectivity index (χ0) is 13.2. The molecular weight excluding hydrogens is 238 g/mol. The number of piperidine rings is 1. The minimum atomic E-state index is -0.537. The first-order valence-corrected chi connectivity index (χ1v) is 7.96. The van der Waals surface area contributed by atoms with Crippen molar-refractivity contribution in [1.29, 1.82) is 0 Å². The van der Waals surface area contributed by atoms with Gasteiger partial charge in [-0.3, -0.25) is 4.90 Å². The molecule has 19 heavy (non-hydrogen) atoms. The van der Waals surface area contributed by atoms with Crippen LogP contribution >= 0.6 is 0 Å². The predicted octanol–water partition coefficient (Wildman–Crippen LogP) is 1.55. The molecule has 0 aromatic carbocycles. The van der Waals surface area contributed by atoms with Crippen molar-refractivity contribution in [2.24, 2.45) is 17.8 Å². The normalized spacial score (nSPS) is 53.4. The molecule has 2 heterocycles. The maximum atomic E-state index is 10.6. The summed E-state index contributed by atoms with van der Waals surface area (Å²) in [7, 11) is 0. The van der Waals surface area contributed by atoms with Crippen LogP contribution < -0.4 is 0 Å². The molecule has 2 N–H and O–H groups in total. The first-order chi connectivity index (χ1) is 9.14. The highest BCUT2D eigenvalue weighted by Crippen LogP contribution is 2.58. The summed E-state index contributed by atoms with van der Waals surface area (Å²) in [6, 6.07) is 0. The van der Waals surface area contributed by atoms with Crippen molar-refractivity contribution >= 4 is 0 Å². The van der Waals surface area contributed by atoms with Gasteiger partial charge in [-0.05, 0) is 50.1 Å². The largest absolute Gasteiger partial charge is 0.390 e. The average molecular weight is 263 g/mol. The lowest BCUT2D eigenvalue weighted by Crippen LogP contribution is -2.71. The summed E-state index contributed by atoms with van der Waals surface area (Å²) in [6.45, 7) is 4.64. The number of rotatable bonds is 0. The van der Waals surface area contributed by atoms with Crippen LogP contribution in [0.3, 0.4) is 0 Å². The van der Waals surface area contributed by atoms with Crippen LogP contribution in [0.1, 0.15) is 39.0 Å². The Labute approximate surface area is 115 Å². The fourth-order valence-corrected chi connectivity index (χ4v) is 5.73. The molecule has 3 fully saturated rings. The van der Waals surface area contributed by atoms with Crippen molar-refractivity contribution in [3.8, 4) is 0 Å². The predicted molar refractivity (Wildman–Crippen MR) is 73.6 cm³/mol. The van der Waals surface area contributed by atoms with E-state index in [1.807, 2.05) is 0 Å². The summed E-state index contributed by atoms with van der Waals surface area (Å²) >= 11 is 0.